The first-order valence-corrected chi connectivity index (χ1v) is 10.8. The third kappa shape index (κ3) is 3.80. The van der Waals surface area contributed by atoms with Crippen molar-refractivity contribution in [2.24, 2.45) is 5.92 Å². The molecule has 0 spiro atoms. The van der Waals surface area contributed by atoms with Gasteiger partial charge in [0, 0.05) is 37.7 Å². The normalized spacial score (nSPS) is 16.9. The molecule has 0 atom stereocenters. The van der Waals surface area contributed by atoms with Crippen LogP contribution in [0.3, 0.4) is 0 Å². The molecule has 0 aliphatic carbocycles. The molecular formula is C25H26N4O. The highest BCUT2D eigenvalue weighted by Crippen LogP contribution is 2.27. The summed E-state index contributed by atoms with van der Waals surface area (Å²) < 4.78 is 0. The van der Waals surface area contributed by atoms with Gasteiger partial charge in [-0.3, -0.25) is 4.79 Å². The predicted octanol–water partition coefficient (Wildman–Crippen LogP) is 3.94. The van der Waals surface area contributed by atoms with Crippen LogP contribution in [-0.2, 0) is 17.8 Å². The summed E-state index contributed by atoms with van der Waals surface area (Å²) in [6, 6.07) is 22.6. The Kier molecular flexibility index (Phi) is 5.18. The van der Waals surface area contributed by atoms with Crippen LogP contribution in [0.4, 0.5) is 5.82 Å². The third-order valence-corrected chi connectivity index (χ3v) is 6.33. The van der Waals surface area contributed by atoms with Crippen molar-refractivity contribution in [1.29, 1.82) is 0 Å². The Labute approximate surface area is 177 Å². The van der Waals surface area contributed by atoms with Gasteiger partial charge < -0.3 is 9.80 Å². The summed E-state index contributed by atoms with van der Waals surface area (Å²) >= 11 is 0. The zero-order chi connectivity index (χ0) is 20.3. The lowest BCUT2D eigenvalue weighted by atomic mass is 9.93. The number of amides is 1. The molecule has 0 bridgehead atoms. The molecule has 2 aliphatic heterocycles. The molecule has 5 nitrogen and oxygen atoms in total. The summed E-state index contributed by atoms with van der Waals surface area (Å²) in [4.78, 5) is 17.4. The molecule has 0 saturated carbocycles. The molecule has 0 radical (unpaired) electrons. The van der Waals surface area contributed by atoms with Gasteiger partial charge in [-0.1, -0.05) is 54.6 Å². The van der Waals surface area contributed by atoms with Crippen molar-refractivity contribution in [3.8, 4) is 11.3 Å². The molecule has 3 heterocycles. The molecule has 1 aromatic heterocycles. The summed E-state index contributed by atoms with van der Waals surface area (Å²) in [6.45, 7) is 3.28. The quantitative estimate of drug-likeness (QED) is 0.670. The van der Waals surface area contributed by atoms with E-state index < -0.39 is 0 Å². The van der Waals surface area contributed by atoms with Gasteiger partial charge in [0.1, 0.15) is 0 Å². The van der Waals surface area contributed by atoms with Crippen LogP contribution in [0, 0.1) is 5.92 Å². The van der Waals surface area contributed by atoms with E-state index in [0.717, 1.165) is 62.5 Å². The zero-order valence-electron chi connectivity index (χ0n) is 17.1. The van der Waals surface area contributed by atoms with E-state index >= 15 is 0 Å². The average Bonchev–Trinajstić information content (AvgIpc) is 2.84. The van der Waals surface area contributed by atoms with Gasteiger partial charge in [0.15, 0.2) is 5.82 Å². The monoisotopic (exact) mass is 398 g/mol. The number of carbonyl (C=O) groups excluding carboxylic acids is 1. The highest BCUT2D eigenvalue weighted by molar-refractivity contribution is 5.79. The highest BCUT2D eigenvalue weighted by atomic mass is 16.2. The second-order valence-corrected chi connectivity index (χ2v) is 8.18. The van der Waals surface area contributed by atoms with E-state index in [0.29, 0.717) is 5.91 Å². The molecule has 0 unspecified atom stereocenters. The Morgan fingerprint density at radius 2 is 1.53 bits per heavy atom. The van der Waals surface area contributed by atoms with E-state index in [1.807, 2.05) is 42.5 Å². The van der Waals surface area contributed by atoms with Gasteiger partial charge in [-0.2, -0.15) is 0 Å². The van der Waals surface area contributed by atoms with Crippen molar-refractivity contribution in [2.45, 2.75) is 25.8 Å². The van der Waals surface area contributed by atoms with Crippen LogP contribution >= 0.6 is 0 Å². The van der Waals surface area contributed by atoms with Gasteiger partial charge in [-0.05, 0) is 42.5 Å². The minimum atomic E-state index is 0.114. The van der Waals surface area contributed by atoms with Crippen molar-refractivity contribution in [2.75, 3.05) is 24.5 Å². The standard InChI is InChI=1S/C25H26N4O/c30-25(29-17-12-19-6-4-5-9-22(19)18-29)21-13-15-28(16-14-21)24-11-10-23(26-27-24)20-7-2-1-3-8-20/h1-11,21H,12-18H2. The maximum atomic E-state index is 13.1. The minimum absolute atomic E-state index is 0.114. The molecule has 1 fully saturated rings. The predicted molar refractivity (Wildman–Crippen MR) is 118 cm³/mol. The molecule has 1 saturated heterocycles. The average molecular weight is 399 g/mol. The number of hydrogen-bond donors (Lipinski definition) is 0. The number of fused-ring (bicyclic) bond motifs is 1. The Balaban J connectivity index is 1.19. The fourth-order valence-electron chi connectivity index (χ4n) is 4.55. The molecule has 2 aliphatic rings. The van der Waals surface area contributed by atoms with Crippen molar-refractivity contribution < 1.29 is 4.79 Å². The first-order chi connectivity index (χ1) is 14.8. The van der Waals surface area contributed by atoms with Crippen molar-refractivity contribution >= 4 is 11.7 Å². The lowest BCUT2D eigenvalue weighted by molar-refractivity contribution is -0.137. The van der Waals surface area contributed by atoms with Crippen LogP contribution in [0.2, 0.25) is 0 Å². The van der Waals surface area contributed by atoms with E-state index in [1.54, 1.807) is 0 Å². The Hall–Kier alpha value is -3.21. The largest absolute Gasteiger partial charge is 0.355 e. The highest BCUT2D eigenvalue weighted by Gasteiger charge is 2.30. The van der Waals surface area contributed by atoms with Gasteiger partial charge in [-0.15, -0.1) is 10.2 Å². The first kappa shape index (κ1) is 18.8. The molecule has 2 aromatic carbocycles. The summed E-state index contributed by atoms with van der Waals surface area (Å²) in [5, 5.41) is 8.85. The van der Waals surface area contributed by atoms with Crippen LogP contribution < -0.4 is 4.90 Å². The molecular weight excluding hydrogens is 372 g/mol. The summed E-state index contributed by atoms with van der Waals surface area (Å²) in [5.74, 6) is 1.32. The molecule has 5 rings (SSSR count). The first-order valence-electron chi connectivity index (χ1n) is 10.8. The number of benzene rings is 2. The Morgan fingerprint density at radius 1 is 0.800 bits per heavy atom. The number of nitrogens with zero attached hydrogens (tertiary/aromatic N) is 4. The number of carbonyl (C=O) groups is 1. The molecule has 0 N–H and O–H groups in total. The second-order valence-electron chi connectivity index (χ2n) is 8.18. The van der Waals surface area contributed by atoms with Gasteiger partial charge >= 0.3 is 0 Å². The van der Waals surface area contributed by atoms with Gasteiger partial charge in [0.25, 0.3) is 0 Å². The fraction of sp³-hybridized carbons (Fsp3) is 0.320. The van der Waals surface area contributed by atoms with Crippen molar-refractivity contribution in [1.82, 2.24) is 15.1 Å². The number of rotatable bonds is 3. The maximum Gasteiger partial charge on any atom is 0.226 e. The van der Waals surface area contributed by atoms with Crippen LogP contribution in [0.25, 0.3) is 11.3 Å². The summed E-state index contributed by atoms with van der Waals surface area (Å²) in [5.41, 5.74) is 4.64. The summed E-state index contributed by atoms with van der Waals surface area (Å²) in [7, 11) is 0. The van der Waals surface area contributed by atoms with E-state index in [9.17, 15) is 4.79 Å². The van der Waals surface area contributed by atoms with Gasteiger partial charge in [0.05, 0.1) is 5.69 Å². The molecule has 152 valence electrons. The zero-order valence-corrected chi connectivity index (χ0v) is 17.1. The van der Waals surface area contributed by atoms with E-state index in [4.69, 9.17) is 0 Å². The molecule has 30 heavy (non-hydrogen) atoms. The third-order valence-electron chi connectivity index (χ3n) is 6.33. The fourth-order valence-corrected chi connectivity index (χ4v) is 4.55. The Morgan fingerprint density at radius 3 is 2.27 bits per heavy atom. The summed E-state index contributed by atoms with van der Waals surface area (Å²) in [6.07, 6.45) is 2.71. The van der Waals surface area contributed by atoms with Crippen LogP contribution in [-0.4, -0.2) is 40.6 Å². The van der Waals surface area contributed by atoms with Crippen molar-refractivity contribution in [3.63, 3.8) is 0 Å². The van der Waals surface area contributed by atoms with Crippen molar-refractivity contribution in [3.05, 3.63) is 77.9 Å². The topological polar surface area (TPSA) is 49.3 Å². The minimum Gasteiger partial charge on any atom is -0.355 e. The number of piperidine rings is 1. The molecule has 1 amide bonds. The van der Waals surface area contributed by atoms with E-state index in [1.165, 1.54) is 11.1 Å². The van der Waals surface area contributed by atoms with Crippen LogP contribution in [0.5, 0.6) is 0 Å². The lowest BCUT2D eigenvalue weighted by Gasteiger charge is -2.36. The number of aromatic nitrogens is 2. The lowest BCUT2D eigenvalue weighted by Crippen LogP contribution is -2.44. The number of anilines is 1. The van der Waals surface area contributed by atoms with Gasteiger partial charge in [-0.25, -0.2) is 0 Å². The van der Waals surface area contributed by atoms with Crippen LogP contribution in [0.15, 0.2) is 66.7 Å². The number of hydrogen-bond acceptors (Lipinski definition) is 4. The smallest absolute Gasteiger partial charge is 0.226 e. The SMILES string of the molecule is O=C(C1CCN(c2ccc(-c3ccccc3)nn2)CC1)N1CCc2ccccc2C1. The Bertz CT molecular complexity index is 1010. The van der Waals surface area contributed by atoms with Gasteiger partial charge in [0.2, 0.25) is 5.91 Å². The second kappa shape index (κ2) is 8.27. The van der Waals surface area contributed by atoms with Crippen LogP contribution in [0.1, 0.15) is 24.0 Å². The maximum absolute atomic E-state index is 13.1. The van der Waals surface area contributed by atoms with E-state index in [2.05, 4.69) is 44.3 Å². The van der Waals surface area contributed by atoms with E-state index in [-0.39, 0.29) is 5.92 Å². The molecule has 3 aromatic rings. The molecule has 5 heteroatoms.